The molecule has 0 atom stereocenters. The fourth-order valence-corrected chi connectivity index (χ4v) is 2.52. The molecule has 108 valence electrons. The summed E-state index contributed by atoms with van der Waals surface area (Å²) in [7, 11) is 0. The highest BCUT2D eigenvalue weighted by molar-refractivity contribution is 7.07. The highest BCUT2D eigenvalue weighted by Gasteiger charge is 2.30. The molecule has 6 nitrogen and oxygen atoms in total. The fourth-order valence-electron chi connectivity index (χ4n) is 1.97. The molecule has 0 aromatic carbocycles. The third-order valence-corrected chi connectivity index (χ3v) is 3.34. The van der Waals surface area contributed by atoms with Gasteiger partial charge in [0.2, 0.25) is 0 Å². The Kier molecular flexibility index (Phi) is 4.17. The molecule has 2 aromatic rings. The average molecular weight is 294 g/mol. The van der Waals surface area contributed by atoms with E-state index in [1.54, 1.807) is 17.1 Å². The second kappa shape index (κ2) is 5.70. The normalized spacial score (nSPS) is 11.6. The number of ether oxygens (including phenoxy) is 1. The molecule has 0 N–H and O–H groups in total. The summed E-state index contributed by atoms with van der Waals surface area (Å²) in [6, 6.07) is 0. The van der Waals surface area contributed by atoms with Crippen LogP contribution in [-0.4, -0.2) is 32.6 Å². The molecular weight excluding hydrogens is 276 g/mol. The van der Waals surface area contributed by atoms with Gasteiger partial charge in [-0.2, -0.15) is 0 Å². The van der Waals surface area contributed by atoms with Crippen LogP contribution in [0.5, 0.6) is 0 Å². The summed E-state index contributed by atoms with van der Waals surface area (Å²) < 4.78 is 6.77. The second-order valence-electron chi connectivity index (χ2n) is 5.39. The first kappa shape index (κ1) is 14.6. The minimum Gasteiger partial charge on any atom is -0.461 e. The first-order valence-electron chi connectivity index (χ1n) is 6.41. The number of carbonyl (C=O) groups excluding carboxylic acids is 1. The second-order valence-corrected chi connectivity index (χ2v) is 6.11. The number of hydrogen-bond acceptors (Lipinski definition) is 6. The number of aromatic nitrogens is 4. The molecule has 0 amide bonds. The van der Waals surface area contributed by atoms with Crippen LogP contribution in [0.3, 0.4) is 0 Å². The van der Waals surface area contributed by atoms with Gasteiger partial charge < -0.3 is 4.74 Å². The summed E-state index contributed by atoms with van der Waals surface area (Å²) in [6.45, 7) is 8.65. The Hall–Kier alpha value is -1.76. The van der Waals surface area contributed by atoms with Gasteiger partial charge in [0.1, 0.15) is 0 Å². The molecule has 0 aliphatic carbocycles. The van der Waals surface area contributed by atoms with Crippen molar-refractivity contribution in [2.75, 3.05) is 6.61 Å². The molecule has 0 aliphatic rings. The predicted octanol–water partition coefficient (Wildman–Crippen LogP) is 2.26. The van der Waals surface area contributed by atoms with E-state index in [9.17, 15) is 4.79 Å². The molecule has 0 fully saturated rings. The van der Waals surface area contributed by atoms with Gasteiger partial charge in [0.05, 0.1) is 30.1 Å². The first-order valence-corrected chi connectivity index (χ1v) is 7.36. The molecule has 0 saturated carbocycles. The van der Waals surface area contributed by atoms with Gasteiger partial charge in [-0.25, -0.2) is 14.5 Å². The van der Waals surface area contributed by atoms with Crippen LogP contribution in [-0.2, 0) is 16.7 Å². The van der Waals surface area contributed by atoms with Crippen LogP contribution in [0.25, 0.3) is 0 Å². The van der Waals surface area contributed by atoms with Gasteiger partial charge in [0.25, 0.3) is 0 Å². The van der Waals surface area contributed by atoms with E-state index in [1.165, 1.54) is 11.3 Å². The van der Waals surface area contributed by atoms with Crippen molar-refractivity contribution >= 4 is 17.3 Å². The van der Waals surface area contributed by atoms with Gasteiger partial charge in [-0.1, -0.05) is 26.0 Å². The number of esters is 1. The summed E-state index contributed by atoms with van der Waals surface area (Å²) >= 11 is 1.53. The van der Waals surface area contributed by atoms with Crippen molar-refractivity contribution in [2.45, 2.75) is 39.7 Å². The van der Waals surface area contributed by atoms with Crippen molar-refractivity contribution in [3.63, 3.8) is 0 Å². The van der Waals surface area contributed by atoms with E-state index in [2.05, 4.69) is 15.3 Å². The van der Waals surface area contributed by atoms with Crippen molar-refractivity contribution in [2.24, 2.45) is 0 Å². The number of hydrogen-bond donors (Lipinski definition) is 0. The Balaban J connectivity index is 2.40. The molecule has 0 radical (unpaired) electrons. The Morgan fingerprint density at radius 2 is 2.20 bits per heavy atom. The lowest BCUT2D eigenvalue weighted by molar-refractivity contribution is 0.0516. The van der Waals surface area contributed by atoms with Gasteiger partial charge in [0, 0.05) is 10.8 Å². The number of nitrogens with zero attached hydrogens (tertiary/aromatic N) is 4. The molecule has 2 aromatic heterocycles. The quantitative estimate of drug-likeness (QED) is 0.809. The van der Waals surface area contributed by atoms with Gasteiger partial charge in [0.15, 0.2) is 5.69 Å². The Morgan fingerprint density at radius 1 is 1.45 bits per heavy atom. The number of rotatable bonds is 4. The number of thiazole rings is 1. The Bertz CT molecular complexity index is 584. The van der Waals surface area contributed by atoms with Crippen molar-refractivity contribution in [1.82, 2.24) is 20.0 Å². The van der Waals surface area contributed by atoms with Gasteiger partial charge in [-0.3, -0.25) is 0 Å². The molecule has 0 aliphatic heterocycles. The predicted molar refractivity (Wildman–Crippen MR) is 75.9 cm³/mol. The molecule has 0 saturated heterocycles. The first-order chi connectivity index (χ1) is 9.43. The largest absolute Gasteiger partial charge is 0.461 e. The molecule has 20 heavy (non-hydrogen) atoms. The van der Waals surface area contributed by atoms with E-state index < -0.39 is 5.97 Å². The van der Waals surface area contributed by atoms with Gasteiger partial charge in [-0.05, 0) is 6.92 Å². The van der Waals surface area contributed by atoms with Crippen LogP contribution in [0.1, 0.15) is 49.6 Å². The van der Waals surface area contributed by atoms with Gasteiger partial charge in [-0.15, -0.1) is 16.4 Å². The third kappa shape index (κ3) is 3.04. The highest BCUT2D eigenvalue weighted by atomic mass is 32.1. The summed E-state index contributed by atoms with van der Waals surface area (Å²) in [5.41, 5.74) is 3.47. The molecule has 0 unspecified atom stereocenters. The summed E-state index contributed by atoms with van der Waals surface area (Å²) in [5, 5.41) is 10.0. The topological polar surface area (TPSA) is 69.9 Å². The molecule has 7 heteroatoms. The van der Waals surface area contributed by atoms with Crippen molar-refractivity contribution in [1.29, 1.82) is 0 Å². The molecule has 0 bridgehead atoms. The zero-order chi connectivity index (χ0) is 14.8. The maximum absolute atomic E-state index is 12.0. The Morgan fingerprint density at radius 3 is 2.75 bits per heavy atom. The fraction of sp³-hybridized carbons (Fsp3) is 0.538. The van der Waals surface area contributed by atoms with Crippen LogP contribution in [0, 0.1) is 0 Å². The molecule has 2 rings (SSSR count). The minimum atomic E-state index is -0.429. The van der Waals surface area contributed by atoms with E-state index in [0.29, 0.717) is 13.2 Å². The molecule has 2 heterocycles. The van der Waals surface area contributed by atoms with Crippen LogP contribution in [0.15, 0.2) is 10.9 Å². The van der Waals surface area contributed by atoms with E-state index in [4.69, 9.17) is 4.74 Å². The van der Waals surface area contributed by atoms with Crippen molar-refractivity contribution in [3.05, 3.63) is 28.0 Å². The summed E-state index contributed by atoms with van der Waals surface area (Å²) in [5.74, 6) is -0.429. The maximum atomic E-state index is 12.0. The zero-order valence-electron chi connectivity index (χ0n) is 12.1. The standard InChI is InChI=1S/C13H18N4O2S/c1-5-19-12(18)10-11(13(2,3)4)17(16-15-10)6-9-7-20-8-14-9/h7-8H,5-6H2,1-4H3. The minimum absolute atomic E-state index is 0.262. The average Bonchev–Trinajstić information content (AvgIpc) is 2.98. The van der Waals surface area contributed by atoms with E-state index >= 15 is 0 Å². The summed E-state index contributed by atoms with van der Waals surface area (Å²) in [6.07, 6.45) is 0. The smallest absolute Gasteiger partial charge is 0.360 e. The lowest BCUT2D eigenvalue weighted by Crippen LogP contribution is -2.23. The van der Waals surface area contributed by atoms with Crippen LogP contribution in [0.2, 0.25) is 0 Å². The third-order valence-electron chi connectivity index (χ3n) is 2.71. The van der Waals surface area contributed by atoms with Crippen LogP contribution >= 0.6 is 11.3 Å². The SMILES string of the molecule is CCOC(=O)c1nnn(Cc2cscn2)c1C(C)(C)C. The lowest BCUT2D eigenvalue weighted by Gasteiger charge is -2.20. The molecular formula is C13H18N4O2S. The maximum Gasteiger partial charge on any atom is 0.360 e. The Labute approximate surface area is 121 Å². The van der Waals surface area contributed by atoms with Gasteiger partial charge >= 0.3 is 5.97 Å². The number of carbonyl (C=O) groups is 1. The van der Waals surface area contributed by atoms with E-state index in [0.717, 1.165) is 11.4 Å². The van der Waals surface area contributed by atoms with Crippen molar-refractivity contribution < 1.29 is 9.53 Å². The highest BCUT2D eigenvalue weighted by Crippen LogP contribution is 2.25. The van der Waals surface area contributed by atoms with Crippen LogP contribution < -0.4 is 0 Å². The monoisotopic (exact) mass is 294 g/mol. The lowest BCUT2D eigenvalue weighted by atomic mass is 9.90. The van der Waals surface area contributed by atoms with E-state index in [1.807, 2.05) is 26.2 Å². The van der Waals surface area contributed by atoms with Crippen LogP contribution in [0.4, 0.5) is 0 Å². The van der Waals surface area contributed by atoms with Crippen molar-refractivity contribution in [3.8, 4) is 0 Å². The van der Waals surface area contributed by atoms with E-state index in [-0.39, 0.29) is 11.1 Å². The summed E-state index contributed by atoms with van der Waals surface area (Å²) in [4.78, 5) is 16.2. The zero-order valence-corrected chi connectivity index (χ0v) is 12.9. The molecule has 0 spiro atoms.